The molecule has 0 bridgehead atoms. The van der Waals surface area contributed by atoms with Gasteiger partial charge >= 0.3 is 5.97 Å². The summed E-state index contributed by atoms with van der Waals surface area (Å²) in [6, 6.07) is 5.97. The van der Waals surface area contributed by atoms with Crippen molar-refractivity contribution in [1.82, 2.24) is 10.6 Å². The minimum absolute atomic E-state index is 0.0375. The Kier molecular flexibility index (Phi) is 8.61. The molecule has 0 aromatic heterocycles. The van der Waals surface area contributed by atoms with Crippen LogP contribution in [0.5, 0.6) is 5.75 Å². The van der Waals surface area contributed by atoms with Crippen molar-refractivity contribution in [2.75, 3.05) is 13.7 Å². The molecule has 0 saturated heterocycles. The lowest BCUT2D eigenvalue weighted by molar-refractivity contribution is -0.142. The third-order valence-corrected chi connectivity index (χ3v) is 4.10. The van der Waals surface area contributed by atoms with E-state index in [0.717, 1.165) is 0 Å². The Balaban J connectivity index is 2.80. The first-order valence-electron chi connectivity index (χ1n) is 8.76. The standard InChI is InChI=1S/C19H28N2O5/c1-5-8-13(19(24)25)11-20-18(23)16(12(2)3)21-17(22)14-9-6-7-10-15(14)26-4/h6-7,9-10,12-13,16H,5,8,11H2,1-4H3,(H,20,23)(H,21,22)(H,24,25). The number of carbonyl (C=O) groups is 3. The van der Waals surface area contributed by atoms with Crippen molar-refractivity contribution in [2.24, 2.45) is 11.8 Å². The molecular formula is C19H28N2O5. The number of methoxy groups -OCH3 is 1. The normalized spacial score (nSPS) is 13.0. The molecule has 2 atom stereocenters. The quantitative estimate of drug-likeness (QED) is 0.589. The van der Waals surface area contributed by atoms with Crippen LogP contribution in [0, 0.1) is 11.8 Å². The van der Waals surface area contributed by atoms with Crippen LogP contribution in [0.3, 0.4) is 0 Å². The number of ether oxygens (including phenoxy) is 1. The second-order valence-electron chi connectivity index (χ2n) is 6.46. The molecule has 3 N–H and O–H groups in total. The van der Waals surface area contributed by atoms with Crippen LogP contribution in [0.4, 0.5) is 0 Å². The number of aliphatic carboxylic acids is 1. The van der Waals surface area contributed by atoms with Crippen LogP contribution in [-0.4, -0.2) is 42.6 Å². The minimum atomic E-state index is -0.939. The molecule has 144 valence electrons. The van der Waals surface area contributed by atoms with Crippen molar-refractivity contribution in [2.45, 2.75) is 39.7 Å². The summed E-state index contributed by atoms with van der Waals surface area (Å²) in [6.07, 6.45) is 1.19. The second kappa shape index (κ2) is 10.4. The van der Waals surface area contributed by atoms with Gasteiger partial charge in [0.1, 0.15) is 11.8 Å². The Morgan fingerprint density at radius 3 is 2.38 bits per heavy atom. The largest absolute Gasteiger partial charge is 0.496 e. The van der Waals surface area contributed by atoms with E-state index in [0.29, 0.717) is 24.2 Å². The zero-order valence-electron chi connectivity index (χ0n) is 15.7. The molecule has 1 aromatic carbocycles. The molecule has 0 aliphatic rings. The van der Waals surface area contributed by atoms with E-state index in [4.69, 9.17) is 4.74 Å². The molecular weight excluding hydrogens is 336 g/mol. The number of nitrogens with one attached hydrogen (secondary N) is 2. The number of para-hydroxylation sites is 1. The number of carboxylic acid groups (broad SMARTS) is 1. The smallest absolute Gasteiger partial charge is 0.308 e. The van der Waals surface area contributed by atoms with Gasteiger partial charge in [-0.15, -0.1) is 0 Å². The number of rotatable bonds is 10. The van der Waals surface area contributed by atoms with Crippen LogP contribution in [0.25, 0.3) is 0 Å². The van der Waals surface area contributed by atoms with E-state index in [1.54, 1.807) is 24.3 Å². The molecule has 2 unspecified atom stereocenters. The molecule has 2 amide bonds. The van der Waals surface area contributed by atoms with Gasteiger partial charge in [0.25, 0.3) is 5.91 Å². The molecule has 0 saturated carbocycles. The molecule has 0 aliphatic heterocycles. The fraction of sp³-hybridized carbons (Fsp3) is 0.526. The summed E-state index contributed by atoms with van der Waals surface area (Å²) in [5, 5.41) is 14.5. The maximum absolute atomic E-state index is 12.5. The maximum Gasteiger partial charge on any atom is 0.308 e. The molecule has 7 heteroatoms. The maximum atomic E-state index is 12.5. The molecule has 26 heavy (non-hydrogen) atoms. The lowest BCUT2D eigenvalue weighted by atomic mass is 10.0. The number of hydrogen-bond acceptors (Lipinski definition) is 4. The number of hydrogen-bond donors (Lipinski definition) is 3. The lowest BCUT2D eigenvalue weighted by Crippen LogP contribution is -2.51. The molecule has 0 fully saturated rings. The highest BCUT2D eigenvalue weighted by Gasteiger charge is 2.27. The Bertz CT molecular complexity index is 630. The number of carbonyl (C=O) groups excluding carboxylic acids is 2. The first-order chi connectivity index (χ1) is 12.3. The topological polar surface area (TPSA) is 105 Å². The summed E-state index contributed by atoms with van der Waals surface area (Å²) in [6.45, 7) is 5.55. The first kappa shape index (κ1) is 21.5. The first-order valence-corrected chi connectivity index (χ1v) is 8.76. The second-order valence-corrected chi connectivity index (χ2v) is 6.46. The van der Waals surface area contributed by atoms with E-state index in [9.17, 15) is 19.5 Å². The Morgan fingerprint density at radius 2 is 1.85 bits per heavy atom. The summed E-state index contributed by atoms with van der Waals surface area (Å²) in [7, 11) is 1.47. The van der Waals surface area contributed by atoms with E-state index in [-0.39, 0.29) is 12.5 Å². The summed E-state index contributed by atoms with van der Waals surface area (Å²) in [5.41, 5.74) is 0.336. The van der Waals surface area contributed by atoms with Gasteiger partial charge in [-0.05, 0) is 24.5 Å². The summed E-state index contributed by atoms with van der Waals surface area (Å²) >= 11 is 0. The van der Waals surface area contributed by atoms with Gasteiger partial charge in [-0.25, -0.2) is 0 Å². The lowest BCUT2D eigenvalue weighted by Gasteiger charge is -2.23. The van der Waals surface area contributed by atoms with Crippen molar-refractivity contribution in [3.63, 3.8) is 0 Å². The number of benzene rings is 1. The Hall–Kier alpha value is -2.57. The zero-order valence-corrected chi connectivity index (χ0v) is 15.7. The Morgan fingerprint density at radius 1 is 1.19 bits per heavy atom. The van der Waals surface area contributed by atoms with Gasteiger partial charge in [0.2, 0.25) is 5.91 Å². The third kappa shape index (κ3) is 6.06. The molecule has 0 radical (unpaired) electrons. The van der Waals surface area contributed by atoms with E-state index >= 15 is 0 Å². The Labute approximate surface area is 154 Å². The van der Waals surface area contributed by atoms with Crippen LogP contribution in [0.15, 0.2) is 24.3 Å². The molecule has 1 rings (SSSR count). The van der Waals surface area contributed by atoms with E-state index in [1.807, 2.05) is 20.8 Å². The van der Waals surface area contributed by atoms with Gasteiger partial charge < -0.3 is 20.5 Å². The van der Waals surface area contributed by atoms with Crippen LogP contribution in [-0.2, 0) is 9.59 Å². The van der Waals surface area contributed by atoms with Crippen LogP contribution < -0.4 is 15.4 Å². The van der Waals surface area contributed by atoms with Gasteiger partial charge in [0.15, 0.2) is 0 Å². The van der Waals surface area contributed by atoms with Gasteiger partial charge in [-0.2, -0.15) is 0 Å². The van der Waals surface area contributed by atoms with E-state index in [2.05, 4.69) is 10.6 Å². The van der Waals surface area contributed by atoms with E-state index in [1.165, 1.54) is 7.11 Å². The fourth-order valence-corrected chi connectivity index (χ4v) is 2.58. The highest BCUT2D eigenvalue weighted by Crippen LogP contribution is 2.17. The van der Waals surface area contributed by atoms with Crippen molar-refractivity contribution in [1.29, 1.82) is 0 Å². The molecule has 0 spiro atoms. The fourth-order valence-electron chi connectivity index (χ4n) is 2.58. The summed E-state index contributed by atoms with van der Waals surface area (Å²) < 4.78 is 5.17. The minimum Gasteiger partial charge on any atom is -0.496 e. The highest BCUT2D eigenvalue weighted by atomic mass is 16.5. The number of amides is 2. The SMILES string of the molecule is CCCC(CNC(=O)C(NC(=O)c1ccccc1OC)C(C)C)C(=O)O. The molecule has 1 aromatic rings. The van der Waals surface area contributed by atoms with E-state index < -0.39 is 29.7 Å². The predicted molar refractivity (Wildman–Crippen MR) is 98.1 cm³/mol. The number of carboxylic acids is 1. The highest BCUT2D eigenvalue weighted by molar-refractivity contribution is 5.99. The molecule has 0 aliphatic carbocycles. The molecule has 0 heterocycles. The van der Waals surface area contributed by atoms with Crippen molar-refractivity contribution < 1.29 is 24.2 Å². The van der Waals surface area contributed by atoms with Gasteiger partial charge in [0, 0.05) is 6.54 Å². The van der Waals surface area contributed by atoms with Crippen LogP contribution in [0.1, 0.15) is 44.0 Å². The average Bonchev–Trinajstić information content (AvgIpc) is 2.61. The predicted octanol–water partition coefficient (Wildman–Crippen LogP) is 2.07. The van der Waals surface area contributed by atoms with Crippen molar-refractivity contribution in [3.8, 4) is 5.75 Å². The van der Waals surface area contributed by atoms with Crippen molar-refractivity contribution >= 4 is 17.8 Å². The van der Waals surface area contributed by atoms with Gasteiger partial charge in [0.05, 0.1) is 18.6 Å². The van der Waals surface area contributed by atoms with Crippen LogP contribution in [0.2, 0.25) is 0 Å². The van der Waals surface area contributed by atoms with Gasteiger partial charge in [-0.3, -0.25) is 14.4 Å². The molecule has 7 nitrogen and oxygen atoms in total. The van der Waals surface area contributed by atoms with Gasteiger partial charge in [-0.1, -0.05) is 39.3 Å². The average molecular weight is 364 g/mol. The monoisotopic (exact) mass is 364 g/mol. The van der Waals surface area contributed by atoms with Crippen molar-refractivity contribution in [3.05, 3.63) is 29.8 Å². The zero-order chi connectivity index (χ0) is 19.7. The summed E-state index contributed by atoms with van der Waals surface area (Å²) in [5.74, 6) is -2.14. The van der Waals surface area contributed by atoms with Crippen LogP contribution >= 0.6 is 0 Å². The summed E-state index contributed by atoms with van der Waals surface area (Å²) in [4.78, 5) is 36.2. The third-order valence-electron chi connectivity index (χ3n) is 4.10.